The SMILES string of the molecule is CC(C)c1cc(C(=O)Nc2cc(C(C)(C)C)nn2-c2ccc(F)cc2)n[nH]1. The van der Waals surface area contributed by atoms with Gasteiger partial charge in [0.25, 0.3) is 5.91 Å². The fraction of sp³-hybridized carbons (Fsp3) is 0.350. The van der Waals surface area contributed by atoms with Crippen LogP contribution < -0.4 is 5.32 Å². The van der Waals surface area contributed by atoms with Gasteiger partial charge >= 0.3 is 0 Å². The number of hydrogen-bond donors (Lipinski definition) is 2. The average molecular weight is 369 g/mol. The summed E-state index contributed by atoms with van der Waals surface area (Å²) < 4.78 is 14.9. The number of anilines is 1. The molecule has 0 radical (unpaired) electrons. The zero-order chi connectivity index (χ0) is 19.8. The third-order valence-corrected chi connectivity index (χ3v) is 4.24. The Kier molecular flexibility index (Phi) is 4.87. The highest BCUT2D eigenvalue weighted by atomic mass is 19.1. The van der Waals surface area contributed by atoms with E-state index in [-0.39, 0.29) is 23.1 Å². The van der Waals surface area contributed by atoms with E-state index in [1.54, 1.807) is 22.9 Å². The Bertz CT molecular complexity index is 948. The number of H-pyrrole nitrogens is 1. The molecule has 27 heavy (non-hydrogen) atoms. The van der Waals surface area contributed by atoms with Crippen molar-refractivity contribution in [3.05, 3.63) is 59.3 Å². The molecule has 2 N–H and O–H groups in total. The van der Waals surface area contributed by atoms with Crippen LogP contribution in [0.25, 0.3) is 5.69 Å². The third-order valence-electron chi connectivity index (χ3n) is 4.24. The molecule has 0 spiro atoms. The molecule has 142 valence electrons. The Morgan fingerprint density at radius 1 is 1.19 bits per heavy atom. The number of carbonyl (C=O) groups excluding carboxylic acids is 1. The van der Waals surface area contributed by atoms with E-state index in [2.05, 4.69) is 20.6 Å². The Hall–Kier alpha value is -2.96. The quantitative estimate of drug-likeness (QED) is 0.715. The van der Waals surface area contributed by atoms with Crippen LogP contribution in [0.15, 0.2) is 36.4 Å². The number of aromatic amines is 1. The maximum absolute atomic E-state index is 13.3. The van der Waals surface area contributed by atoms with Gasteiger partial charge in [-0.15, -0.1) is 0 Å². The summed E-state index contributed by atoms with van der Waals surface area (Å²) in [6.07, 6.45) is 0. The van der Waals surface area contributed by atoms with E-state index in [0.717, 1.165) is 11.4 Å². The summed E-state index contributed by atoms with van der Waals surface area (Å²) in [6, 6.07) is 9.54. The summed E-state index contributed by atoms with van der Waals surface area (Å²) in [5.74, 6) is 0.0917. The van der Waals surface area contributed by atoms with Gasteiger partial charge < -0.3 is 5.32 Å². The van der Waals surface area contributed by atoms with Gasteiger partial charge in [0.05, 0.1) is 11.4 Å². The van der Waals surface area contributed by atoms with Gasteiger partial charge in [-0.25, -0.2) is 9.07 Å². The van der Waals surface area contributed by atoms with Crippen LogP contribution in [0, 0.1) is 5.82 Å². The summed E-state index contributed by atoms with van der Waals surface area (Å²) in [7, 11) is 0. The zero-order valence-electron chi connectivity index (χ0n) is 16.2. The van der Waals surface area contributed by atoms with Gasteiger partial charge in [0.2, 0.25) is 0 Å². The van der Waals surface area contributed by atoms with Crippen LogP contribution in [-0.2, 0) is 5.41 Å². The molecule has 7 heteroatoms. The largest absolute Gasteiger partial charge is 0.305 e. The molecular weight excluding hydrogens is 345 g/mol. The Morgan fingerprint density at radius 3 is 2.41 bits per heavy atom. The second-order valence-corrected chi connectivity index (χ2v) is 7.87. The number of amides is 1. The van der Waals surface area contributed by atoms with E-state index in [1.165, 1.54) is 12.1 Å². The van der Waals surface area contributed by atoms with E-state index >= 15 is 0 Å². The van der Waals surface area contributed by atoms with E-state index in [1.807, 2.05) is 40.7 Å². The molecular formula is C20H24FN5O. The summed E-state index contributed by atoms with van der Waals surface area (Å²) in [5.41, 5.74) is 2.46. The molecule has 0 aliphatic rings. The van der Waals surface area contributed by atoms with Crippen molar-refractivity contribution in [2.75, 3.05) is 5.32 Å². The van der Waals surface area contributed by atoms with Crippen LogP contribution in [0.2, 0.25) is 0 Å². The molecule has 0 saturated carbocycles. The first-order valence-corrected chi connectivity index (χ1v) is 8.88. The smallest absolute Gasteiger partial charge is 0.277 e. The summed E-state index contributed by atoms with van der Waals surface area (Å²) in [5, 5.41) is 14.4. The highest BCUT2D eigenvalue weighted by Crippen LogP contribution is 2.26. The van der Waals surface area contributed by atoms with Crippen molar-refractivity contribution in [2.45, 2.75) is 46.0 Å². The molecule has 0 fully saturated rings. The maximum Gasteiger partial charge on any atom is 0.277 e. The van der Waals surface area contributed by atoms with Gasteiger partial charge in [-0.2, -0.15) is 10.2 Å². The van der Waals surface area contributed by atoms with Gasteiger partial charge in [-0.3, -0.25) is 9.89 Å². The number of nitrogens with zero attached hydrogens (tertiary/aromatic N) is 3. The van der Waals surface area contributed by atoms with Crippen molar-refractivity contribution in [3.8, 4) is 5.69 Å². The molecule has 0 unspecified atom stereocenters. The zero-order valence-corrected chi connectivity index (χ0v) is 16.2. The first-order valence-electron chi connectivity index (χ1n) is 8.88. The molecule has 1 aromatic carbocycles. The predicted molar refractivity (Wildman–Crippen MR) is 103 cm³/mol. The predicted octanol–water partition coefficient (Wildman–Crippen LogP) is 4.41. The maximum atomic E-state index is 13.3. The highest BCUT2D eigenvalue weighted by Gasteiger charge is 2.22. The Balaban J connectivity index is 1.96. The molecule has 0 aliphatic carbocycles. The summed E-state index contributed by atoms with van der Waals surface area (Å²) in [4.78, 5) is 12.7. The second kappa shape index (κ2) is 6.98. The minimum atomic E-state index is -0.332. The average Bonchev–Trinajstić information content (AvgIpc) is 3.22. The molecule has 0 atom stereocenters. The van der Waals surface area contributed by atoms with E-state index in [4.69, 9.17) is 0 Å². The molecule has 1 amide bonds. The monoisotopic (exact) mass is 369 g/mol. The van der Waals surface area contributed by atoms with E-state index < -0.39 is 0 Å². The Labute approximate surface area is 157 Å². The van der Waals surface area contributed by atoms with Gasteiger partial charge in [0.15, 0.2) is 5.69 Å². The lowest BCUT2D eigenvalue weighted by Crippen LogP contribution is -2.15. The van der Waals surface area contributed by atoms with Gasteiger partial charge in [0, 0.05) is 17.2 Å². The lowest BCUT2D eigenvalue weighted by atomic mass is 9.92. The van der Waals surface area contributed by atoms with Crippen LogP contribution in [0.3, 0.4) is 0 Å². The van der Waals surface area contributed by atoms with Gasteiger partial charge in [0.1, 0.15) is 11.6 Å². The molecule has 6 nitrogen and oxygen atoms in total. The summed E-state index contributed by atoms with van der Waals surface area (Å²) in [6.45, 7) is 10.2. The number of carbonyl (C=O) groups is 1. The number of hydrogen-bond acceptors (Lipinski definition) is 3. The van der Waals surface area contributed by atoms with Crippen molar-refractivity contribution in [1.82, 2.24) is 20.0 Å². The first-order chi connectivity index (χ1) is 12.6. The van der Waals surface area contributed by atoms with Crippen molar-refractivity contribution in [1.29, 1.82) is 0 Å². The second-order valence-electron chi connectivity index (χ2n) is 7.87. The summed E-state index contributed by atoms with van der Waals surface area (Å²) >= 11 is 0. The number of nitrogens with one attached hydrogen (secondary N) is 2. The third kappa shape index (κ3) is 4.07. The lowest BCUT2D eigenvalue weighted by molar-refractivity contribution is 0.102. The molecule has 2 aromatic heterocycles. The molecule has 3 rings (SSSR count). The molecule has 2 heterocycles. The lowest BCUT2D eigenvalue weighted by Gasteiger charge is -2.14. The van der Waals surface area contributed by atoms with Crippen molar-refractivity contribution in [3.63, 3.8) is 0 Å². The Morgan fingerprint density at radius 2 is 1.85 bits per heavy atom. The first kappa shape index (κ1) is 18.8. The van der Waals surface area contributed by atoms with Crippen LogP contribution in [-0.4, -0.2) is 25.9 Å². The minimum Gasteiger partial charge on any atom is -0.305 e. The molecule has 0 saturated heterocycles. The van der Waals surface area contributed by atoms with Crippen LogP contribution in [0.4, 0.5) is 10.2 Å². The molecule has 0 aliphatic heterocycles. The topological polar surface area (TPSA) is 75.6 Å². The number of aromatic nitrogens is 4. The number of rotatable bonds is 4. The fourth-order valence-electron chi connectivity index (χ4n) is 2.54. The fourth-order valence-corrected chi connectivity index (χ4v) is 2.54. The number of benzene rings is 1. The molecule has 3 aromatic rings. The minimum absolute atomic E-state index is 0.206. The van der Waals surface area contributed by atoms with Crippen LogP contribution >= 0.6 is 0 Å². The van der Waals surface area contributed by atoms with Crippen LogP contribution in [0.1, 0.15) is 62.4 Å². The highest BCUT2D eigenvalue weighted by molar-refractivity contribution is 6.02. The van der Waals surface area contributed by atoms with Crippen molar-refractivity contribution >= 4 is 11.7 Å². The van der Waals surface area contributed by atoms with Crippen molar-refractivity contribution in [2.24, 2.45) is 0 Å². The van der Waals surface area contributed by atoms with Gasteiger partial charge in [-0.1, -0.05) is 34.6 Å². The molecule has 0 bridgehead atoms. The van der Waals surface area contributed by atoms with Crippen molar-refractivity contribution < 1.29 is 9.18 Å². The van der Waals surface area contributed by atoms with E-state index in [0.29, 0.717) is 17.2 Å². The van der Waals surface area contributed by atoms with Crippen LogP contribution in [0.5, 0.6) is 0 Å². The number of halogens is 1. The van der Waals surface area contributed by atoms with Gasteiger partial charge in [-0.05, 0) is 36.2 Å². The normalized spacial score (nSPS) is 11.8. The van der Waals surface area contributed by atoms with E-state index in [9.17, 15) is 9.18 Å². The standard InChI is InChI=1S/C20H24FN5O/c1-12(2)15-10-16(24-23-15)19(27)22-18-11-17(20(3,4)5)25-26(18)14-8-6-13(21)7-9-14/h6-12H,1-5H3,(H,22,27)(H,23,24).